The molecule has 0 spiro atoms. The quantitative estimate of drug-likeness (QED) is 0.0724. The summed E-state index contributed by atoms with van der Waals surface area (Å²) in [6.07, 6.45) is -65.5. The van der Waals surface area contributed by atoms with E-state index in [9.17, 15) is 112 Å². The van der Waals surface area contributed by atoms with Crippen LogP contribution in [0.3, 0.4) is 0 Å². The Labute approximate surface area is 507 Å². The third kappa shape index (κ3) is 15.8. The number of nitrogens with two attached hydrogens (primary N) is 2. The number of carboxylic acid groups (broad SMARTS) is 2. The van der Waals surface area contributed by atoms with E-state index in [4.69, 9.17) is 77.8 Å². The van der Waals surface area contributed by atoms with Gasteiger partial charge in [0.25, 0.3) is 0 Å². The Balaban J connectivity index is 1.10. The molecule has 24 N–H and O–H groups in total. The lowest BCUT2D eigenvalue weighted by molar-refractivity contribution is -0.391. The van der Waals surface area contributed by atoms with Gasteiger partial charge in [0.05, 0.1) is 45.2 Å². The summed E-state index contributed by atoms with van der Waals surface area (Å²) in [5.74, 6) is -3.60. The van der Waals surface area contributed by atoms with Gasteiger partial charge in [0, 0.05) is 17.9 Å². The van der Waals surface area contributed by atoms with Gasteiger partial charge in [-0.25, -0.2) is 0 Å². The minimum atomic E-state index is -2.25. The Kier molecular flexibility index (Phi) is 26.0. The SMILES string of the molecule is N[C@H](CCSC1O[C@@H]2O[C@@H]3C(CO)O[C@@H](O[C@@H]4C(CO)O[C@@H](O[C@@H]5C(CSC[C@@H](N)C(=O)O)O[C@@H](O[C@H]6CC(O)[C@H](OC6CO)O[C@@H]6C(CO)O[C@H](O[C@@H]7C(CO)O[C@@H](O[C@H]1[C@H](O)C2O)C(O)[C@H]7O)C(O)[C@H]6O)C(O)[C@H]5O)C(O)[C@H]4O)C(O)[C@H]3O)C(=O)O. The first-order chi connectivity index (χ1) is 41.8. The summed E-state index contributed by atoms with van der Waals surface area (Å²) in [4.78, 5) is 23.2. The molecule has 14 unspecified atom stereocenters. The van der Waals surface area contributed by atoms with Crippen LogP contribution >= 0.6 is 23.5 Å². The highest BCUT2D eigenvalue weighted by Crippen LogP contribution is 2.40. The number of rotatable bonds is 15. The zero-order valence-corrected chi connectivity index (χ0v) is 47.9. The van der Waals surface area contributed by atoms with E-state index >= 15 is 0 Å². The van der Waals surface area contributed by atoms with E-state index in [0.29, 0.717) is 11.8 Å². The fraction of sp³-hybridized carbons (Fsp3) is 0.958. The van der Waals surface area contributed by atoms with Crippen LogP contribution in [0.25, 0.3) is 0 Å². The Morgan fingerprint density at radius 1 is 0.375 bits per heavy atom. The minimum Gasteiger partial charge on any atom is -0.480 e. The van der Waals surface area contributed by atoms with Crippen LogP contribution in [0.4, 0.5) is 0 Å². The number of carboxylic acids is 2. The molecule has 510 valence electrons. The van der Waals surface area contributed by atoms with Crippen molar-refractivity contribution in [2.75, 3.05) is 50.3 Å². The minimum absolute atomic E-state index is 0.201. The van der Waals surface area contributed by atoms with Crippen LogP contribution in [0.15, 0.2) is 0 Å². The zero-order chi connectivity index (χ0) is 64.3. The second-order valence-corrected chi connectivity index (χ2v) is 24.4. The standard InChI is InChI=1S/C48H80N2O36S2/c49-11(39(69)70)1-2-88-48-38-26(62)32(68)47(86-48)83-36-19(8-55)76-44(29(65)23(36)59)81-34-17(6-53)77-45(30(66)22(34)58)84-37-20(10-87-9-12(50)40(71)72)79-42(27(63)25(37)61)73-14-3-13(56)41(74-15(14)4-51)80-33-16(5-52)75-43(28(64)21(33)57)82-35-18(7-54)78-46(85-38)31(67)24(35)60/h11-38,41-48,51-68H,1-10,49-50H2,(H,69,70)(H,71,72)/t11-,12-,13?,14+,15?,16?,17?,18?,19?,20?,21-,22-,23-,24-,25-,26-,27?,28?,29?,30?,31?,32?,33-,34-,35-,36-,37-,38+,41-,42-,43-,44+,45+,46+,47+,48?/m1/s1. The predicted molar refractivity (Wildman–Crippen MR) is 278 cm³/mol. The van der Waals surface area contributed by atoms with Crippen LogP contribution in [0.1, 0.15) is 12.8 Å². The molecule has 0 radical (unpaired) electrons. The molecular weight excluding hydrogens is 1240 g/mol. The maximum atomic E-state index is 11.7. The smallest absolute Gasteiger partial charge is 0.321 e. The van der Waals surface area contributed by atoms with Crippen molar-refractivity contribution in [1.82, 2.24) is 0 Å². The van der Waals surface area contributed by atoms with E-state index in [1.54, 1.807) is 0 Å². The average molecular weight is 1330 g/mol. The molecule has 0 aromatic carbocycles. The summed E-state index contributed by atoms with van der Waals surface area (Å²) >= 11 is 1.55. The first-order valence-corrected chi connectivity index (χ1v) is 30.2. The lowest BCUT2D eigenvalue weighted by Gasteiger charge is -2.50. The van der Waals surface area contributed by atoms with E-state index < -0.39 is 272 Å². The molecule has 0 aromatic heterocycles. The second kappa shape index (κ2) is 31.7. The van der Waals surface area contributed by atoms with Crippen LogP contribution < -0.4 is 11.5 Å². The monoisotopic (exact) mass is 1320 g/mol. The fourth-order valence-corrected chi connectivity index (χ4v) is 13.3. The van der Waals surface area contributed by atoms with Gasteiger partial charge in [0.2, 0.25) is 0 Å². The summed E-state index contributed by atoms with van der Waals surface area (Å²) in [7, 11) is 0. The van der Waals surface area contributed by atoms with Gasteiger partial charge in [0.1, 0.15) is 164 Å². The number of hydrogen-bond acceptors (Lipinski definition) is 38. The third-order valence-corrected chi connectivity index (χ3v) is 18.4. The fourth-order valence-electron chi connectivity index (χ4n) is 11.0. The van der Waals surface area contributed by atoms with Gasteiger partial charge in [-0.15, -0.1) is 11.8 Å². The van der Waals surface area contributed by atoms with E-state index in [1.165, 1.54) is 0 Å². The summed E-state index contributed by atoms with van der Waals surface area (Å²) < 4.78 is 82.2. The third-order valence-electron chi connectivity index (χ3n) is 16.1. The van der Waals surface area contributed by atoms with Crippen molar-refractivity contribution >= 4 is 35.5 Å². The van der Waals surface area contributed by atoms with Crippen molar-refractivity contribution < 1.29 is 178 Å². The number of aliphatic carboxylic acids is 2. The summed E-state index contributed by atoms with van der Waals surface area (Å²) in [6.45, 7) is -5.13. The van der Waals surface area contributed by atoms with Crippen molar-refractivity contribution in [3.05, 3.63) is 0 Å². The van der Waals surface area contributed by atoms with Gasteiger partial charge in [-0.3, -0.25) is 9.59 Å². The molecule has 0 aliphatic carbocycles. The van der Waals surface area contributed by atoms with E-state index in [0.717, 1.165) is 11.8 Å². The molecular formula is C48H80N2O36S2. The Bertz CT molecular complexity index is 2190. The zero-order valence-electron chi connectivity index (χ0n) is 46.3. The van der Waals surface area contributed by atoms with Crippen molar-refractivity contribution in [3.63, 3.8) is 0 Å². The van der Waals surface area contributed by atoms with Gasteiger partial charge >= 0.3 is 11.9 Å². The Morgan fingerprint density at radius 3 is 1.06 bits per heavy atom. The van der Waals surface area contributed by atoms with E-state index in [-0.39, 0.29) is 23.7 Å². The normalized spacial score (nSPS) is 49.7. The first kappa shape index (κ1) is 72.1. The highest BCUT2D eigenvalue weighted by atomic mass is 32.2. The Morgan fingerprint density at radius 2 is 0.682 bits per heavy atom. The molecule has 14 bridgehead atoms. The van der Waals surface area contributed by atoms with E-state index in [1.807, 2.05) is 0 Å². The number of hydrogen-bond donors (Lipinski definition) is 22. The van der Waals surface area contributed by atoms with Crippen LogP contribution in [-0.2, 0) is 75.9 Å². The topological polar surface area (TPSA) is 620 Å². The van der Waals surface area contributed by atoms with Crippen LogP contribution in [0.5, 0.6) is 0 Å². The van der Waals surface area contributed by atoms with Crippen molar-refractivity contribution in [3.8, 4) is 0 Å². The average Bonchev–Trinajstić information content (AvgIpc) is 1.98. The first-order valence-electron chi connectivity index (χ1n) is 28.0. The molecule has 21 heterocycles. The number of carbonyl (C=O) groups is 2. The van der Waals surface area contributed by atoms with Gasteiger partial charge in [0.15, 0.2) is 44.0 Å². The molecule has 36 atom stereocenters. The molecule has 21 saturated heterocycles. The molecule has 0 amide bonds. The van der Waals surface area contributed by atoms with E-state index in [2.05, 4.69) is 0 Å². The largest absolute Gasteiger partial charge is 0.480 e. The maximum absolute atomic E-state index is 11.7. The van der Waals surface area contributed by atoms with Gasteiger partial charge in [-0.1, -0.05) is 0 Å². The molecule has 0 saturated carbocycles. The van der Waals surface area contributed by atoms with Crippen molar-refractivity contribution in [1.29, 1.82) is 0 Å². The van der Waals surface area contributed by atoms with Crippen LogP contribution in [-0.4, -0.2) is 385 Å². The number of aliphatic hydroxyl groups is 18. The lowest BCUT2D eigenvalue weighted by Crippen LogP contribution is -2.68. The molecule has 21 aliphatic rings. The lowest BCUT2D eigenvalue weighted by atomic mass is 9.95. The highest BCUT2D eigenvalue weighted by molar-refractivity contribution is 7.99. The summed E-state index contributed by atoms with van der Waals surface area (Å²) in [6, 6.07) is -2.87. The van der Waals surface area contributed by atoms with Gasteiger partial charge < -0.3 is 180 Å². The molecule has 40 heteroatoms. The molecule has 88 heavy (non-hydrogen) atoms. The summed E-state index contributed by atoms with van der Waals surface area (Å²) in [5.41, 5.74) is 9.81. The Hall–Kier alpha value is -1.72. The van der Waals surface area contributed by atoms with Crippen molar-refractivity contribution in [2.24, 2.45) is 11.5 Å². The van der Waals surface area contributed by atoms with Gasteiger partial charge in [-0.2, -0.15) is 11.8 Å². The summed E-state index contributed by atoms with van der Waals surface area (Å²) in [5, 5.41) is 221. The van der Waals surface area contributed by atoms with Gasteiger partial charge in [-0.05, 0) is 12.2 Å². The highest BCUT2D eigenvalue weighted by Gasteiger charge is 2.59. The molecule has 38 nitrogen and oxygen atoms in total. The molecule has 21 rings (SSSR count). The second-order valence-electron chi connectivity index (χ2n) is 22.1. The maximum Gasteiger partial charge on any atom is 0.321 e. The predicted octanol–water partition coefficient (Wildman–Crippen LogP) is -13.5. The molecule has 21 aliphatic heterocycles. The number of thioether (sulfide) groups is 2. The molecule has 21 fully saturated rings. The number of ether oxygens (including phenoxy) is 14. The van der Waals surface area contributed by atoms with Crippen LogP contribution in [0, 0.1) is 0 Å². The van der Waals surface area contributed by atoms with Crippen LogP contribution in [0.2, 0.25) is 0 Å². The number of aliphatic hydroxyl groups excluding tert-OH is 18. The van der Waals surface area contributed by atoms with Crippen molar-refractivity contribution in [2.45, 2.75) is 233 Å². The molecule has 0 aromatic rings.